The Morgan fingerprint density at radius 3 is 2.86 bits per heavy atom. The van der Waals surface area contributed by atoms with E-state index in [1.807, 2.05) is 24.3 Å². The third-order valence-electron chi connectivity index (χ3n) is 4.05. The van der Waals surface area contributed by atoms with Gasteiger partial charge >= 0.3 is 0 Å². The normalized spacial score (nSPS) is 10.8. The molecule has 2 aromatic carbocycles. The van der Waals surface area contributed by atoms with Crippen LogP contribution in [0.25, 0.3) is 5.69 Å². The lowest BCUT2D eigenvalue weighted by Crippen LogP contribution is -2.13. The van der Waals surface area contributed by atoms with Gasteiger partial charge in [-0.15, -0.1) is 11.8 Å². The zero-order valence-electron chi connectivity index (χ0n) is 15.4. The zero-order chi connectivity index (χ0) is 20.2. The topological polar surface area (TPSA) is 85.8 Å². The number of aryl methyl sites for hydroxylation is 1. The first-order valence-electron chi connectivity index (χ1n) is 8.70. The largest absolute Gasteiger partial charge is 0.340 e. The molecule has 146 valence electrons. The molecule has 0 atom stereocenters. The number of thioether (sulfide) groups is 1. The maximum atomic E-state index is 12.8. The van der Waals surface area contributed by atoms with Crippen LogP contribution in [-0.4, -0.2) is 25.6 Å². The molecule has 0 saturated heterocycles. The van der Waals surface area contributed by atoms with Gasteiger partial charge in [-0.05, 0) is 30.3 Å². The van der Waals surface area contributed by atoms with E-state index in [0.717, 1.165) is 10.6 Å². The van der Waals surface area contributed by atoms with Gasteiger partial charge in [-0.2, -0.15) is 4.98 Å². The number of nitrogens with one attached hydrogen (secondary N) is 1. The molecule has 2 heterocycles. The first kappa shape index (κ1) is 19.2. The van der Waals surface area contributed by atoms with E-state index >= 15 is 0 Å². The van der Waals surface area contributed by atoms with Gasteiger partial charge < -0.3 is 14.4 Å². The lowest BCUT2D eigenvalue weighted by atomic mass is 10.2. The number of halogens is 1. The second-order valence-corrected chi connectivity index (χ2v) is 7.53. The van der Waals surface area contributed by atoms with Crippen LogP contribution in [0, 0.1) is 6.92 Å². The van der Waals surface area contributed by atoms with Crippen LogP contribution in [0.15, 0.2) is 70.6 Å². The van der Waals surface area contributed by atoms with Gasteiger partial charge in [0.1, 0.15) is 0 Å². The number of hydrogen-bond acceptors (Lipinski definition) is 6. The van der Waals surface area contributed by atoms with Crippen molar-refractivity contribution >= 4 is 35.0 Å². The van der Waals surface area contributed by atoms with E-state index in [9.17, 15) is 4.79 Å². The molecule has 9 heteroatoms. The van der Waals surface area contributed by atoms with Gasteiger partial charge in [0.2, 0.25) is 5.89 Å². The lowest BCUT2D eigenvalue weighted by Gasteiger charge is -2.11. The lowest BCUT2D eigenvalue weighted by molar-refractivity contribution is 0.102. The Morgan fingerprint density at radius 2 is 2.14 bits per heavy atom. The molecule has 0 radical (unpaired) electrons. The molecule has 0 aliphatic rings. The standard InChI is InChI=1S/C20H16ClN5O2S/c1-13-23-19(25-28-13)11-29-18-5-3-2-4-15(18)20(27)24-14-6-7-17(16(21)10-14)26-9-8-22-12-26/h2-10,12H,11H2,1H3,(H,24,27). The highest BCUT2D eigenvalue weighted by Crippen LogP contribution is 2.28. The zero-order valence-corrected chi connectivity index (χ0v) is 16.9. The summed E-state index contributed by atoms with van der Waals surface area (Å²) in [5.74, 6) is 1.39. The van der Waals surface area contributed by atoms with E-state index in [0.29, 0.717) is 33.7 Å². The van der Waals surface area contributed by atoms with Crippen molar-refractivity contribution in [3.05, 3.63) is 83.5 Å². The molecule has 7 nitrogen and oxygen atoms in total. The maximum absolute atomic E-state index is 12.8. The molecule has 0 fully saturated rings. The van der Waals surface area contributed by atoms with Crippen LogP contribution >= 0.6 is 23.4 Å². The van der Waals surface area contributed by atoms with E-state index in [4.69, 9.17) is 16.1 Å². The summed E-state index contributed by atoms with van der Waals surface area (Å²) in [4.78, 5) is 21.9. The highest BCUT2D eigenvalue weighted by atomic mass is 35.5. The summed E-state index contributed by atoms with van der Waals surface area (Å²) < 4.78 is 6.79. The molecule has 2 aromatic heterocycles. The monoisotopic (exact) mass is 425 g/mol. The summed E-state index contributed by atoms with van der Waals surface area (Å²) in [6.45, 7) is 1.74. The molecular weight excluding hydrogens is 410 g/mol. The highest BCUT2D eigenvalue weighted by molar-refractivity contribution is 7.98. The number of amides is 1. The van der Waals surface area contributed by atoms with Gasteiger partial charge in [0.25, 0.3) is 5.91 Å². The number of hydrogen-bond donors (Lipinski definition) is 1. The van der Waals surface area contributed by atoms with Crippen molar-refractivity contribution in [3.8, 4) is 5.69 Å². The van der Waals surface area contributed by atoms with Crippen LogP contribution < -0.4 is 5.32 Å². The predicted octanol–water partition coefficient (Wildman–Crippen LogP) is 4.76. The van der Waals surface area contributed by atoms with Gasteiger partial charge in [-0.1, -0.05) is 28.9 Å². The van der Waals surface area contributed by atoms with Crippen molar-refractivity contribution in [2.45, 2.75) is 17.6 Å². The van der Waals surface area contributed by atoms with Crippen LogP contribution in [0.5, 0.6) is 0 Å². The second kappa shape index (κ2) is 8.50. The SMILES string of the molecule is Cc1nc(CSc2ccccc2C(=O)Nc2ccc(-n3ccnc3)c(Cl)c2)no1. The number of anilines is 1. The van der Waals surface area contributed by atoms with E-state index in [-0.39, 0.29) is 5.91 Å². The fourth-order valence-corrected chi connectivity index (χ4v) is 3.89. The van der Waals surface area contributed by atoms with Gasteiger partial charge in [-0.25, -0.2) is 4.98 Å². The van der Waals surface area contributed by atoms with E-state index < -0.39 is 0 Å². The van der Waals surface area contributed by atoms with Crippen molar-refractivity contribution in [1.82, 2.24) is 19.7 Å². The number of rotatable bonds is 6. The minimum atomic E-state index is -0.219. The fraction of sp³-hybridized carbons (Fsp3) is 0.100. The number of aromatic nitrogens is 4. The molecule has 1 N–H and O–H groups in total. The number of carbonyl (C=O) groups is 1. The third-order valence-corrected chi connectivity index (χ3v) is 5.42. The van der Waals surface area contributed by atoms with Crippen molar-refractivity contribution in [1.29, 1.82) is 0 Å². The molecule has 4 rings (SSSR count). The first-order valence-corrected chi connectivity index (χ1v) is 10.1. The molecule has 0 saturated carbocycles. The number of nitrogens with zero attached hydrogens (tertiary/aromatic N) is 4. The number of carbonyl (C=O) groups excluding carboxylic acids is 1. The highest BCUT2D eigenvalue weighted by Gasteiger charge is 2.14. The molecule has 1 amide bonds. The number of imidazole rings is 1. The molecule has 0 aliphatic carbocycles. The Kier molecular flexibility index (Phi) is 5.64. The second-order valence-electron chi connectivity index (χ2n) is 6.10. The van der Waals surface area contributed by atoms with Crippen LogP contribution in [0.4, 0.5) is 5.69 Å². The number of benzene rings is 2. The molecule has 0 bridgehead atoms. The molecule has 4 aromatic rings. The summed E-state index contributed by atoms with van der Waals surface area (Å²) in [6, 6.07) is 12.7. The molecule has 29 heavy (non-hydrogen) atoms. The van der Waals surface area contributed by atoms with Gasteiger partial charge in [0, 0.05) is 29.9 Å². The van der Waals surface area contributed by atoms with Gasteiger partial charge in [0.15, 0.2) is 5.82 Å². The minimum absolute atomic E-state index is 0.219. The molecule has 0 spiro atoms. The Morgan fingerprint density at radius 1 is 1.28 bits per heavy atom. The van der Waals surface area contributed by atoms with E-state index in [2.05, 4.69) is 20.4 Å². The van der Waals surface area contributed by atoms with Crippen LogP contribution in [0.3, 0.4) is 0 Å². The van der Waals surface area contributed by atoms with Crippen LogP contribution in [-0.2, 0) is 5.75 Å². The van der Waals surface area contributed by atoms with Gasteiger partial charge in [-0.3, -0.25) is 4.79 Å². The summed E-state index contributed by atoms with van der Waals surface area (Å²) in [5.41, 5.74) is 1.96. The maximum Gasteiger partial charge on any atom is 0.256 e. The Bertz CT molecular complexity index is 1140. The third kappa shape index (κ3) is 4.49. The summed E-state index contributed by atoms with van der Waals surface area (Å²) in [5, 5.41) is 7.30. The van der Waals surface area contributed by atoms with Crippen molar-refractivity contribution in [3.63, 3.8) is 0 Å². The van der Waals surface area contributed by atoms with Crippen LogP contribution in [0.2, 0.25) is 5.02 Å². The molecule has 0 unspecified atom stereocenters. The Balaban J connectivity index is 1.49. The molecule has 0 aliphatic heterocycles. The van der Waals surface area contributed by atoms with Crippen molar-refractivity contribution in [2.75, 3.05) is 5.32 Å². The van der Waals surface area contributed by atoms with E-state index in [1.165, 1.54) is 11.8 Å². The average Bonchev–Trinajstić information content (AvgIpc) is 3.38. The molecular formula is C20H16ClN5O2S. The van der Waals surface area contributed by atoms with Gasteiger partial charge in [0.05, 0.1) is 28.4 Å². The van der Waals surface area contributed by atoms with E-state index in [1.54, 1.807) is 48.4 Å². The Hall–Kier alpha value is -3.10. The summed E-state index contributed by atoms with van der Waals surface area (Å²) in [7, 11) is 0. The fourth-order valence-electron chi connectivity index (χ4n) is 2.72. The average molecular weight is 426 g/mol. The minimum Gasteiger partial charge on any atom is -0.340 e. The summed E-state index contributed by atoms with van der Waals surface area (Å²) in [6.07, 6.45) is 5.15. The van der Waals surface area contributed by atoms with Crippen molar-refractivity contribution < 1.29 is 9.32 Å². The van der Waals surface area contributed by atoms with Crippen LogP contribution in [0.1, 0.15) is 22.1 Å². The summed E-state index contributed by atoms with van der Waals surface area (Å²) >= 11 is 7.85. The van der Waals surface area contributed by atoms with Crippen molar-refractivity contribution in [2.24, 2.45) is 0 Å². The Labute approximate surface area is 176 Å². The quantitative estimate of drug-likeness (QED) is 0.448. The first-order chi connectivity index (χ1) is 14.1. The smallest absolute Gasteiger partial charge is 0.256 e. The predicted molar refractivity (Wildman–Crippen MR) is 112 cm³/mol.